The van der Waals surface area contributed by atoms with Crippen molar-refractivity contribution in [1.82, 2.24) is 14.7 Å². The van der Waals surface area contributed by atoms with Crippen LogP contribution >= 0.6 is 0 Å². The lowest BCUT2D eigenvalue weighted by molar-refractivity contribution is -0.143. The molecule has 0 aliphatic heterocycles. The number of likely N-dealkylation sites (N-methyl/N-ethyl adjacent to an activating group) is 1. The number of carbonyl (C=O) groups excluding carboxylic acids is 3. The topological polar surface area (TPSA) is 93.5 Å². The highest BCUT2D eigenvalue weighted by Gasteiger charge is 2.41. The number of ether oxygens (including phenoxy) is 1. The second-order valence-corrected chi connectivity index (χ2v) is 7.16. The van der Waals surface area contributed by atoms with Crippen molar-refractivity contribution in [2.75, 3.05) is 25.5 Å². The normalized spacial score (nSPS) is 11.1. The van der Waals surface area contributed by atoms with E-state index in [-0.39, 0.29) is 24.4 Å². The number of alkyl halides is 3. The Morgan fingerprint density at radius 1 is 1.06 bits per heavy atom. The zero-order valence-electron chi connectivity index (χ0n) is 18.3. The molecule has 8 nitrogen and oxygen atoms in total. The van der Waals surface area contributed by atoms with Crippen molar-refractivity contribution in [2.45, 2.75) is 13.1 Å². The van der Waals surface area contributed by atoms with Gasteiger partial charge in [-0.15, -0.1) is 0 Å². The van der Waals surface area contributed by atoms with E-state index in [0.29, 0.717) is 10.4 Å². The number of esters is 1. The lowest BCUT2D eigenvalue weighted by atomic mass is 10.1. The fourth-order valence-electron chi connectivity index (χ4n) is 3.15. The van der Waals surface area contributed by atoms with Crippen LogP contribution in [0.3, 0.4) is 0 Å². The van der Waals surface area contributed by atoms with Gasteiger partial charge in [0.15, 0.2) is 5.69 Å². The molecule has 1 heterocycles. The Balaban J connectivity index is 1.76. The lowest BCUT2D eigenvalue weighted by Gasteiger charge is -2.17. The van der Waals surface area contributed by atoms with Gasteiger partial charge in [-0.05, 0) is 43.3 Å². The summed E-state index contributed by atoms with van der Waals surface area (Å²) >= 11 is 0. The molecular formula is C23H21F3N4O4. The Morgan fingerprint density at radius 2 is 1.71 bits per heavy atom. The minimum Gasteiger partial charge on any atom is -0.462 e. The van der Waals surface area contributed by atoms with E-state index in [1.165, 1.54) is 43.1 Å². The summed E-state index contributed by atoms with van der Waals surface area (Å²) in [6.45, 7) is 1.17. The summed E-state index contributed by atoms with van der Waals surface area (Å²) in [5.41, 5.74) is -1.26. The molecule has 11 heteroatoms. The summed E-state index contributed by atoms with van der Waals surface area (Å²) in [5, 5.41) is 6.35. The monoisotopic (exact) mass is 474 g/mol. The van der Waals surface area contributed by atoms with Crippen LogP contribution in [0.25, 0.3) is 5.69 Å². The lowest BCUT2D eigenvalue weighted by Crippen LogP contribution is -2.34. The van der Waals surface area contributed by atoms with Gasteiger partial charge in [0.25, 0.3) is 5.91 Å². The van der Waals surface area contributed by atoms with E-state index in [0.717, 1.165) is 6.20 Å². The van der Waals surface area contributed by atoms with E-state index in [1.807, 2.05) is 0 Å². The van der Waals surface area contributed by atoms with Crippen molar-refractivity contribution in [3.05, 3.63) is 77.6 Å². The smallest absolute Gasteiger partial charge is 0.434 e. The number of hydrogen-bond acceptors (Lipinski definition) is 5. The van der Waals surface area contributed by atoms with Crippen LogP contribution < -0.4 is 5.32 Å². The summed E-state index contributed by atoms with van der Waals surface area (Å²) in [4.78, 5) is 37.9. The summed E-state index contributed by atoms with van der Waals surface area (Å²) in [5.74, 6) is -2.04. The van der Waals surface area contributed by atoms with Gasteiger partial charge in [-0.2, -0.15) is 18.3 Å². The highest BCUT2D eigenvalue weighted by molar-refractivity contribution is 5.99. The Hall–Kier alpha value is -4.15. The highest BCUT2D eigenvalue weighted by atomic mass is 19.4. The second kappa shape index (κ2) is 10.2. The summed E-state index contributed by atoms with van der Waals surface area (Å²) in [6.07, 6.45) is -4.08. The number of para-hydroxylation sites is 1. The molecule has 34 heavy (non-hydrogen) atoms. The molecule has 0 saturated carbocycles. The van der Waals surface area contributed by atoms with Gasteiger partial charge in [-0.1, -0.05) is 18.2 Å². The zero-order valence-corrected chi connectivity index (χ0v) is 18.3. The number of carbonyl (C=O) groups is 3. The fourth-order valence-corrected chi connectivity index (χ4v) is 3.15. The van der Waals surface area contributed by atoms with Gasteiger partial charge in [-0.25, -0.2) is 9.48 Å². The molecule has 0 bridgehead atoms. The van der Waals surface area contributed by atoms with E-state index < -0.39 is 35.2 Å². The van der Waals surface area contributed by atoms with E-state index in [4.69, 9.17) is 0 Å². The second-order valence-electron chi connectivity index (χ2n) is 7.16. The van der Waals surface area contributed by atoms with Crippen LogP contribution in [0.2, 0.25) is 0 Å². The number of anilines is 1. The number of nitrogens with zero attached hydrogens (tertiary/aromatic N) is 3. The largest absolute Gasteiger partial charge is 0.462 e. The maximum absolute atomic E-state index is 13.7. The van der Waals surface area contributed by atoms with Crippen LogP contribution in [0.15, 0.2) is 60.8 Å². The molecule has 0 spiro atoms. The first-order valence-corrected chi connectivity index (χ1v) is 10.1. The molecule has 2 aromatic carbocycles. The molecule has 0 atom stereocenters. The molecule has 0 saturated heterocycles. The summed E-state index contributed by atoms with van der Waals surface area (Å²) in [6, 6.07) is 13.9. The number of halogens is 3. The molecule has 0 aliphatic rings. The van der Waals surface area contributed by atoms with Crippen molar-refractivity contribution >= 4 is 23.5 Å². The molecule has 3 rings (SSSR count). The van der Waals surface area contributed by atoms with Crippen LogP contribution in [0.5, 0.6) is 0 Å². The van der Waals surface area contributed by atoms with Gasteiger partial charge in [0, 0.05) is 18.3 Å². The van der Waals surface area contributed by atoms with E-state index >= 15 is 0 Å². The first-order valence-electron chi connectivity index (χ1n) is 10.1. The van der Waals surface area contributed by atoms with Crippen LogP contribution in [0.1, 0.15) is 33.3 Å². The standard InChI is InChI=1S/C23H21F3N4O4/c1-3-34-22(33)18-13-27-30(20(18)23(24,25)26)17-11-9-15(10-12-17)21(32)29(2)14-19(31)28-16-7-5-4-6-8-16/h4-13H,3,14H2,1-2H3,(H,28,31). The van der Waals surface area contributed by atoms with E-state index in [2.05, 4.69) is 15.2 Å². The molecule has 0 aliphatic carbocycles. The maximum atomic E-state index is 13.7. The molecule has 0 radical (unpaired) electrons. The van der Waals surface area contributed by atoms with Crippen molar-refractivity contribution in [2.24, 2.45) is 0 Å². The van der Waals surface area contributed by atoms with E-state index in [1.54, 1.807) is 30.3 Å². The molecule has 0 fully saturated rings. The number of benzene rings is 2. The number of rotatable bonds is 7. The SMILES string of the molecule is CCOC(=O)c1cnn(-c2ccc(C(=O)N(C)CC(=O)Nc3ccccc3)cc2)c1C(F)(F)F. The van der Waals surface area contributed by atoms with Gasteiger partial charge < -0.3 is 15.0 Å². The zero-order chi connectivity index (χ0) is 24.9. The van der Waals surface area contributed by atoms with Crippen LogP contribution in [0, 0.1) is 0 Å². The summed E-state index contributed by atoms with van der Waals surface area (Å²) in [7, 11) is 1.43. The fraction of sp³-hybridized carbons (Fsp3) is 0.217. The molecule has 2 amide bonds. The Morgan fingerprint density at radius 3 is 2.29 bits per heavy atom. The van der Waals surface area contributed by atoms with Gasteiger partial charge in [0.1, 0.15) is 5.56 Å². The third-order valence-corrected chi connectivity index (χ3v) is 4.68. The van der Waals surface area contributed by atoms with Crippen LogP contribution in [-0.2, 0) is 15.7 Å². The van der Waals surface area contributed by atoms with Crippen molar-refractivity contribution in [1.29, 1.82) is 0 Å². The molecule has 3 aromatic rings. The third-order valence-electron chi connectivity index (χ3n) is 4.68. The Labute approximate surface area is 192 Å². The van der Waals surface area contributed by atoms with Crippen LogP contribution in [0.4, 0.5) is 18.9 Å². The van der Waals surface area contributed by atoms with E-state index in [9.17, 15) is 27.6 Å². The van der Waals surface area contributed by atoms with Crippen molar-refractivity contribution in [3.8, 4) is 5.69 Å². The minimum absolute atomic E-state index is 0.0103. The van der Waals surface area contributed by atoms with Gasteiger partial charge in [0.2, 0.25) is 5.91 Å². The average Bonchev–Trinajstić information content (AvgIpc) is 3.25. The summed E-state index contributed by atoms with van der Waals surface area (Å²) < 4.78 is 46.2. The predicted molar refractivity (Wildman–Crippen MR) is 117 cm³/mol. The van der Waals surface area contributed by atoms with Crippen LogP contribution in [-0.4, -0.2) is 52.7 Å². The van der Waals surface area contributed by atoms with Gasteiger partial charge >= 0.3 is 12.1 Å². The number of nitrogens with one attached hydrogen (secondary N) is 1. The molecule has 1 aromatic heterocycles. The van der Waals surface area contributed by atoms with Crippen molar-refractivity contribution in [3.63, 3.8) is 0 Å². The predicted octanol–water partition coefficient (Wildman–Crippen LogP) is 3.78. The molecular weight excluding hydrogens is 453 g/mol. The molecule has 1 N–H and O–H groups in total. The van der Waals surface area contributed by atoms with Gasteiger partial charge in [0.05, 0.1) is 25.0 Å². The quantitative estimate of drug-likeness (QED) is 0.526. The van der Waals surface area contributed by atoms with Gasteiger partial charge in [-0.3, -0.25) is 9.59 Å². The first kappa shape index (κ1) is 24.5. The minimum atomic E-state index is -4.88. The van der Waals surface area contributed by atoms with Crippen molar-refractivity contribution < 1.29 is 32.3 Å². The average molecular weight is 474 g/mol. The number of amides is 2. The maximum Gasteiger partial charge on any atom is 0.434 e. The first-order chi connectivity index (χ1) is 16.1. The Bertz CT molecular complexity index is 1180. The molecule has 0 unspecified atom stereocenters. The number of hydrogen-bond donors (Lipinski definition) is 1. The number of aromatic nitrogens is 2. The highest BCUT2D eigenvalue weighted by Crippen LogP contribution is 2.34. The molecule has 178 valence electrons. The Kier molecular flexibility index (Phi) is 7.34. The third kappa shape index (κ3) is 5.61.